The van der Waals surface area contributed by atoms with Crippen LogP contribution in [-0.2, 0) is 9.59 Å². The van der Waals surface area contributed by atoms with E-state index in [4.69, 9.17) is 4.74 Å². The number of nitrogens with zero attached hydrogens (tertiary/aromatic N) is 1. The Balaban J connectivity index is 1.55. The summed E-state index contributed by atoms with van der Waals surface area (Å²) in [6.07, 6.45) is 1.44. The molecule has 2 amide bonds. The number of benzene rings is 3. The number of hydrazone groups is 1. The summed E-state index contributed by atoms with van der Waals surface area (Å²) in [5.74, 6) is -0.283. The summed E-state index contributed by atoms with van der Waals surface area (Å²) in [4.78, 5) is 23.8. The summed E-state index contributed by atoms with van der Waals surface area (Å²) < 4.78 is 5.75. The maximum absolute atomic E-state index is 11.9. The number of carbonyl (C=O) groups is 2. The normalized spacial score (nSPS) is 10.5. The van der Waals surface area contributed by atoms with Crippen LogP contribution in [0.1, 0.15) is 11.1 Å². The fraction of sp³-hybridized carbons (Fsp3) is 0.0455. The average Bonchev–Trinajstić information content (AvgIpc) is 2.69. The standard InChI is InChI=1S/C22H19N3O3/c1-16-7-5-9-18(13-16)24-21(26)22(27)25-23-15-17-8-6-12-20(14-17)28-19-10-3-2-4-11-19/h2-15H,1H3,(H,24,26)(H,25,27)/b23-15+. The summed E-state index contributed by atoms with van der Waals surface area (Å²) >= 11 is 0. The van der Waals surface area contributed by atoms with E-state index in [1.54, 1.807) is 30.3 Å². The van der Waals surface area contributed by atoms with Crippen molar-refractivity contribution in [3.63, 3.8) is 0 Å². The number of carbonyl (C=O) groups excluding carboxylic acids is 2. The van der Waals surface area contributed by atoms with Crippen LogP contribution in [-0.4, -0.2) is 18.0 Å². The zero-order chi connectivity index (χ0) is 19.8. The van der Waals surface area contributed by atoms with Crippen molar-refractivity contribution in [2.45, 2.75) is 6.92 Å². The molecule has 140 valence electrons. The van der Waals surface area contributed by atoms with E-state index >= 15 is 0 Å². The lowest BCUT2D eigenvalue weighted by atomic mass is 10.2. The van der Waals surface area contributed by atoms with Gasteiger partial charge in [-0.05, 0) is 54.4 Å². The summed E-state index contributed by atoms with van der Waals surface area (Å²) in [6.45, 7) is 1.90. The van der Waals surface area contributed by atoms with Crippen molar-refractivity contribution in [1.82, 2.24) is 5.43 Å². The van der Waals surface area contributed by atoms with Crippen molar-refractivity contribution < 1.29 is 14.3 Å². The molecular formula is C22H19N3O3. The number of hydrogen-bond donors (Lipinski definition) is 2. The lowest BCUT2D eigenvalue weighted by molar-refractivity contribution is -0.136. The van der Waals surface area contributed by atoms with Gasteiger partial charge in [0.2, 0.25) is 0 Å². The van der Waals surface area contributed by atoms with E-state index < -0.39 is 11.8 Å². The van der Waals surface area contributed by atoms with Crippen molar-refractivity contribution in [3.05, 3.63) is 90.0 Å². The van der Waals surface area contributed by atoms with Crippen LogP contribution in [0.15, 0.2) is 84.0 Å². The van der Waals surface area contributed by atoms with E-state index in [-0.39, 0.29) is 0 Å². The van der Waals surface area contributed by atoms with Gasteiger partial charge in [0, 0.05) is 5.69 Å². The number of aryl methyl sites for hydroxylation is 1. The monoisotopic (exact) mass is 373 g/mol. The number of para-hydroxylation sites is 1. The maximum Gasteiger partial charge on any atom is 0.329 e. The summed E-state index contributed by atoms with van der Waals surface area (Å²) in [5.41, 5.74) is 4.46. The van der Waals surface area contributed by atoms with E-state index in [9.17, 15) is 9.59 Å². The zero-order valence-corrected chi connectivity index (χ0v) is 15.3. The molecule has 0 bridgehead atoms. The number of anilines is 1. The van der Waals surface area contributed by atoms with E-state index in [1.807, 2.05) is 55.5 Å². The Labute approximate surface area is 162 Å². The molecule has 3 aromatic carbocycles. The first-order valence-electron chi connectivity index (χ1n) is 8.64. The second kappa shape index (κ2) is 9.14. The van der Waals surface area contributed by atoms with Crippen molar-refractivity contribution in [2.24, 2.45) is 5.10 Å². The largest absolute Gasteiger partial charge is 0.457 e. The first-order chi connectivity index (χ1) is 13.6. The highest BCUT2D eigenvalue weighted by molar-refractivity contribution is 6.39. The first-order valence-corrected chi connectivity index (χ1v) is 8.64. The van der Waals surface area contributed by atoms with Gasteiger partial charge in [-0.2, -0.15) is 5.10 Å². The molecule has 0 aliphatic rings. The van der Waals surface area contributed by atoms with Crippen LogP contribution in [0.5, 0.6) is 11.5 Å². The molecular weight excluding hydrogens is 354 g/mol. The predicted molar refractivity (Wildman–Crippen MR) is 109 cm³/mol. The highest BCUT2D eigenvalue weighted by atomic mass is 16.5. The van der Waals surface area contributed by atoms with Gasteiger partial charge in [-0.15, -0.1) is 0 Å². The molecule has 0 atom stereocenters. The summed E-state index contributed by atoms with van der Waals surface area (Å²) in [5, 5.41) is 6.35. The Hall–Kier alpha value is -3.93. The number of ether oxygens (including phenoxy) is 1. The van der Waals surface area contributed by atoms with Gasteiger partial charge in [-0.25, -0.2) is 5.43 Å². The molecule has 3 rings (SSSR count). The molecule has 3 aromatic rings. The minimum atomic E-state index is -0.852. The van der Waals surface area contributed by atoms with Gasteiger partial charge in [0.05, 0.1) is 6.21 Å². The topological polar surface area (TPSA) is 79.8 Å². The first kappa shape index (κ1) is 18.8. The van der Waals surface area contributed by atoms with Gasteiger partial charge >= 0.3 is 11.8 Å². The fourth-order valence-electron chi connectivity index (χ4n) is 2.41. The van der Waals surface area contributed by atoms with E-state index in [0.717, 1.165) is 11.3 Å². The number of nitrogens with one attached hydrogen (secondary N) is 2. The second-order valence-corrected chi connectivity index (χ2v) is 6.01. The minimum Gasteiger partial charge on any atom is -0.457 e. The Morgan fingerprint density at radius 3 is 2.39 bits per heavy atom. The second-order valence-electron chi connectivity index (χ2n) is 6.01. The molecule has 0 fully saturated rings. The Bertz CT molecular complexity index is 1000. The molecule has 2 N–H and O–H groups in total. The molecule has 28 heavy (non-hydrogen) atoms. The molecule has 0 spiro atoms. The molecule has 0 aliphatic heterocycles. The van der Waals surface area contributed by atoms with Gasteiger partial charge in [0.25, 0.3) is 0 Å². The third kappa shape index (κ3) is 5.54. The number of rotatable bonds is 5. The van der Waals surface area contributed by atoms with Crippen molar-refractivity contribution >= 4 is 23.7 Å². The van der Waals surface area contributed by atoms with E-state index in [0.29, 0.717) is 17.0 Å². The number of amides is 2. The molecule has 6 nitrogen and oxygen atoms in total. The van der Waals surface area contributed by atoms with Gasteiger partial charge in [-0.3, -0.25) is 9.59 Å². The van der Waals surface area contributed by atoms with E-state index in [2.05, 4.69) is 15.8 Å². The highest BCUT2D eigenvalue weighted by Crippen LogP contribution is 2.21. The van der Waals surface area contributed by atoms with Gasteiger partial charge in [0.1, 0.15) is 11.5 Å². The van der Waals surface area contributed by atoms with Crippen LogP contribution in [0.4, 0.5) is 5.69 Å². The van der Waals surface area contributed by atoms with Gasteiger partial charge in [-0.1, -0.05) is 42.5 Å². The highest BCUT2D eigenvalue weighted by Gasteiger charge is 2.12. The minimum absolute atomic E-state index is 0.551. The van der Waals surface area contributed by atoms with Crippen molar-refractivity contribution in [2.75, 3.05) is 5.32 Å². The maximum atomic E-state index is 11.9. The molecule has 0 heterocycles. The summed E-state index contributed by atoms with van der Waals surface area (Å²) in [7, 11) is 0. The van der Waals surface area contributed by atoms with Crippen LogP contribution in [0.2, 0.25) is 0 Å². The molecule has 0 unspecified atom stereocenters. The van der Waals surface area contributed by atoms with Crippen LogP contribution in [0.3, 0.4) is 0 Å². The molecule has 6 heteroatoms. The lowest BCUT2D eigenvalue weighted by Crippen LogP contribution is -2.32. The zero-order valence-electron chi connectivity index (χ0n) is 15.3. The Morgan fingerprint density at radius 1 is 0.857 bits per heavy atom. The quantitative estimate of drug-likeness (QED) is 0.405. The van der Waals surface area contributed by atoms with Gasteiger partial charge in [0.15, 0.2) is 0 Å². The van der Waals surface area contributed by atoms with E-state index in [1.165, 1.54) is 6.21 Å². The lowest BCUT2D eigenvalue weighted by Gasteiger charge is -2.06. The van der Waals surface area contributed by atoms with Crippen LogP contribution < -0.4 is 15.5 Å². The smallest absolute Gasteiger partial charge is 0.329 e. The van der Waals surface area contributed by atoms with Crippen molar-refractivity contribution in [1.29, 1.82) is 0 Å². The van der Waals surface area contributed by atoms with Crippen LogP contribution in [0.25, 0.3) is 0 Å². The SMILES string of the molecule is Cc1cccc(NC(=O)C(=O)N/N=C/c2cccc(Oc3ccccc3)c2)c1. The third-order valence-electron chi connectivity index (χ3n) is 3.70. The number of hydrogen-bond acceptors (Lipinski definition) is 4. The Morgan fingerprint density at radius 2 is 1.61 bits per heavy atom. The molecule has 0 aliphatic carbocycles. The van der Waals surface area contributed by atoms with Gasteiger partial charge < -0.3 is 10.1 Å². The Kier molecular flexibility index (Phi) is 6.15. The van der Waals surface area contributed by atoms with Crippen LogP contribution >= 0.6 is 0 Å². The van der Waals surface area contributed by atoms with Crippen molar-refractivity contribution in [3.8, 4) is 11.5 Å². The summed E-state index contributed by atoms with van der Waals surface area (Å²) in [6, 6.07) is 23.8. The predicted octanol–water partition coefficient (Wildman–Crippen LogP) is 3.88. The average molecular weight is 373 g/mol. The van der Waals surface area contributed by atoms with Crippen LogP contribution in [0, 0.1) is 6.92 Å². The molecule has 0 saturated carbocycles. The molecule has 0 saturated heterocycles. The fourth-order valence-corrected chi connectivity index (χ4v) is 2.41. The molecule has 0 aromatic heterocycles. The molecule has 0 radical (unpaired) electrons. The third-order valence-corrected chi connectivity index (χ3v) is 3.70.